The van der Waals surface area contributed by atoms with E-state index >= 15 is 0 Å². The molecule has 6 nitrogen and oxygen atoms in total. The van der Waals surface area contributed by atoms with Crippen molar-refractivity contribution in [1.29, 1.82) is 0 Å². The molecule has 8 heteroatoms. The van der Waals surface area contributed by atoms with E-state index in [1.807, 2.05) is 12.1 Å². The van der Waals surface area contributed by atoms with Crippen LogP contribution in [0.4, 0.5) is 5.69 Å². The highest BCUT2D eigenvalue weighted by molar-refractivity contribution is 7.93. The maximum Gasteiger partial charge on any atom is 0.264 e. The molecule has 0 amide bonds. The molecule has 0 saturated heterocycles. The second-order valence-electron chi connectivity index (χ2n) is 6.33. The molecule has 1 fully saturated rings. The molecule has 0 unspecified atom stereocenters. The van der Waals surface area contributed by atoms with Gasteiger partial charge in [-0.25, -0.2) is 21.6 Å². The fourth-order valence-corrected chi connectivity index (χ4v) is 5.95. The van der Waals surface area contributed by atoms with Gasteiger partial charge in [0.05, 0.1) is 15.5 Å². The third-order valence-corrected chi connectivity index (χ3v) is 7.77. The SMILES string of the molecule is O=S(=O)(NC1CC1)c1cccc(S(=O)(=O)N2CCc3ccccc32)c1. The van der Waals surface area contributed by atoms with Crippen LogP contribution in [0.2, 0.25) is 0 Å². The van der Waals surface area contributed by atoms with Gasteiger partial charge in [-0.3, -0.25) is 4.31 Å². The number of nitrogens with zero attached hydrogens (tertiary/aromatic N) is 1. The van der Waals surface area contributed by atoms with Crippen LogP contribution >= 0.6 is 0 Å². The van der Waals surface area contributed by atoms with E-state index in [1.54, 1.807) is 12.1 Å². The quantitative estimate of drug-likeness (QED) is 0.861. The zero-order chi connectivity index (χ0) is 17.7. The Morgan fingerprint density at radius 1 is 0.920 bits per heavy atom. The minimum Gasteiger partial charge on any atom is -0.266 e. The minimum absolute atomic E-state index is 0.0112. The lowest BCUT2D eigenvalue weighted by atomic mass is 10.2. The zero-order valence-corrected chi connectivity index (χ0v) is 15.1. The lowest BCUT2D eigenvalue weighted by molar-refractivity contribution is 0.580. The van der Waals surface area contributed by atoms with Gasteiger partial charge in [-0.2, -0.15) is 0 Å². The van der Waals surface area contributed by atoms with E-state index in [1.165, 1.54) is 28.6 Å². The molecule has 1 saturated carbocycles. The smallest absolute Gasteiger partial charge is 0.264 e. The van der Waals surface area contributed by atoms with Crippen LogP contribution in [-0.4, -0.2) is 29.4 Å². The van der Waals surface area contributed by atoms with E-state index in [2.05, 4.69) is 4.72 Å². The first-order valence-corrected chi connectivity index (χ1v) is 11.0. The summed E-state index contributed by atoms with van der Waals surface area (Å²) in [6.45, 7) is 0.360. The summed E-state index contributed by atoms with van der Waals surface area (Å²) in [5.41, 5.74) is 1.64. The van der Waals surface area contributed by atoms with E-state index in [4.69, 9.17) is 0 Å². The van der Waals surface area contributed by atoms with Crippen molar-refractivity contribution < 1.29 is 16.8 Å². The van der Waals surface area contributed by atoms with Gasteiger partial charge in [0.25, 0.3) is 10.0 Å². The highest BCUT2D eigenvalue weighted by Gasteiger charge is 2.32. The number of nitrogens with one attached hydrogen (secondary N) is 1. The number of hydrogen-bond acceptors (Lipinski definition) is 4. The number of fused-ring (bicyclic) bond motifs is 1. The summed E-state index contributed by atoms with van der Waals surface area (Å²) in [6, 6.07) is 12.9. The number of sulfonamides is 2. The van der Waals surface area contributed by atoms with Crippen molar-refractivity contribution in [2.24, 2.45) is 0 Å². The summed E-state index contributed by atoms with van der Waals surface area (Å²) < 4.78 is 54.7. The van der Waals surface area contributed by atoms with Crippen molar-refractivity contribution in [3.63, 3.8) is 0 Å². The van der Waals surface area contributed by atoms with Crippen LogP contribution < -0.4 is 9.03 Å². The van der Waals surface area contributed by atoms with Crippen LogP contribution in [0.3, 0.4) is 0 Å². The van der Waals surface area contributed by atoms with E-state index in [0.29, 0.717) is 18.7 Å². The normalized spacial score (nSPS) is 17.5. The average Bonchev–Trinajstić information content (AvgIpc) is 3.28. The third kappa shape index (κ3) is 3.05. The van der Waals surface area contributed by atoms with Crippen molar-refractivity contribution in [2.75, 3.05) is 10.8 Å². The summed E-state index contributed by atoms with van der Waals surface area (Å²) in [7, 11) is -7.50. The van der Waals surface area contributed by atoms with Crippen LogP contribution in [-0.2, 0) is 26.5 Å². The van der Waals surface area contributed by atoms with Crippen molar-refractivity contribution in [1.82, 2.24) is 4.72 Å². The number of para-hydroxylation sites is 1. The molecular formula is C17H18N2O4S2. The Balaban J connectivity index is 1.71. The Hall–Kier alpha value is -1.90. The molecule has 0 spiro atoms. The molecule has 1 N–H and O–H groups in total. The number of rotatable bonds is 5. The summed E-state index contributed by atoms with van der Waals surface area (Å²) in [5.74, 6) is 0. The van der Waals surface area contributed by atoms with E-state index < -0.39 is 20.0 Å². The monoisotopic (exact) mass is 378 g/mol. The summed E-state index contributed by atoms with van der Waals surface area (Å²) in [6.07, 6.45) is 2.29. The Morgan fingerprint density at radius 2 is 1.64 bits per heavy atom. The van der Waals surface area contributed by atoms with Gasteiger partial charge in [0.1, 0.15) is 0 Å². The molecule has 1 aliphatic heterocycles. The van der Waals surface area contributed by atoms with Gasteiger partial charge < -0.3 is 0 Å². The molecular weight excluding hydrogens is 360 g/mol. The number of anilines is 1. The predicted molar refractivity (Wildman–Crippen MR) is 94.5 cm³/mol. The van der Waals surface area contributed by atoms with Crippen molar-refractivity contribution in [3.8, 4) is 0 Å². The largest absolute Gasteiger partial charge is 0.266 e. The lowest BCUT2D eigenvalue weighted by Gasteiger charge is -2.20. The fraction of sp³-hybridized carbons (Fsp3) is 0.294. The molecule has 2 aromatic rings. The molecule has 4 rings (SSSR count). The van der Waals surface area contributed by atoms with Gasteiger partial charge in [0, 0.05) is 12.6 Å². The van der Waals surface area contributed by atoms with Gasteiger partial charge >= 0.3 is 0 Å². The Morgan fingerprint density at radius 3 is 2.40 bits per heavy atom. The summed E-state index contributed by atoms with van der Waals surface area (Å²) in [5, 5.41) is 0. The van der Waals surface area contributed by atoms with Crippen LogP contribution in [0, 0.1) is 0 Å². The molecule has 1 aliphatic carbocycles. The molecule has 0 atom stereocenters. The molecule has 2 aromatic carbocycles. The molecule has 0 bridgehead atoms. The van der Waals surface area contributed by atoms with Gasteiger partial charge in [0.2, 0.25) is 10.0 Å². The fourth-order valence-electron chi connectivity index (χ4n) is 2.98. The molecule has 0 aromatic heterocycles. The van der Waals surface area contributed by atoms with Crippen molar-refractivity contribution in [2.45, 2.75) is 35.1 Å². The highest BCUT2D eigenvalue weighted by Crippen LogP contribution is 2.33. The van der Waals surface area contributed by atoms with E-state index in [0.717, 1.165) is 18.4 Å². The maximum atomic E-state index is 13.0. The van der Waals surface area contributed by atoms with Gasteiger partial charge in [-0.05, 0) is 49.1 Å². The number of hydrogen-bond donors (Lipinski definition) is 1. The van der Waals surface area contributed by atoms with E-state index in [-0.39, 0.29) is 15.8 Å². The van der Waals surface area contributed by atoms with Gasteiger partial charge in [-0.15, -0.1) is 0 Å². The van der Waals surface area contributed by atoms with Crippen molar-refractivity contribution >= 4 is 25.7 Å². The van der Waals surface area contributed by atoms with E-state index in [9.17, 15) is 16.8 Å². The highest BCUT2D eigenvalue weighted by atomic mass is 32.2. The van der Waals surface area contributed by atoms with Crippen LogP contribution in [0.5, 0.6) is 0 Å². The third-order valence-electron chi connectivity index (χ3n) is 4.45. The maximum absolute atomic E-state index is 13.0. The Kier molecular flexibility index (Phi) is 3.86. The molecule has 2 aliphatic rings. The minimum atomic E-state index is -3.81. The zero-order valence-electron chi connectivity index (χ0n) is 13.4. The first-order chi connectivity index (χ1) is 11.9. The average molecular weight is 378 g/mol. The number of benzene rings is 2. The first kappa shape index (κ1) is 16.6. The second kappa shape index (κ2) is 5.82. The van der Waals surface area contributed by atoms with Crippen molar-refractivity contribution in [3.05, 3.63) is 54.1 Å². The molecule has 1 heterocycles. The standard InChI is InChI=1S/C17H18N2O4S2/c20-24(21,18-14-8-9-14)15-5-3-6-16(12-15)25(22,23)19-11-10-13-4-1-2-7-17(13)19/h1-7,12,14,18H,8-11H2. The Bertz CT molecular complexity index is 1030. The first-order valence-electron chi connectivity index (χ1n) is 8.11. The van der Waals surface area contributed by atoms with Crippen LogP contribution in [0.15, 0.2) is 58.3 Å². The topological polar surface area (TPSA) is 83.5 Å². The summed E-state index contributed by atoms with van der Waals surface area (Å²) in [4.78, 5) is -0.0316. The van der Waals surface area contributed by atoms with Gasteiger partial charge in [-0.1, -0.05) is 24.3 Å². The Labute approximate surface area is 147 Å². The molecule has 0 radical (unpaired) electrons. The van der Waals surface area contributed by atoms with Crippen LogP contribution in [0.1, 0.15) is 18.4 Å². The predicted octanol–water partition coefficient (Wildman–Crippen LogP) is 1.88. The van der Waals surface area contributed by atoms with Crippen LogP contribution in [0.25, 0.3) is 0 Å². The van der Waals surface area contributed by atoms with Gasteiger partial charge in [0.15, 0.2) is 0 Å². The lowest BCUT2D eigenvalue weighted by Crippen LogP contribution is -2.30. The summed E-state index contributed by atoms with van der Waals surface area (Å²) >= 11 is 0. The molecule has 132 valence electrons. The second-order valence-corrected chi connectivity index (χ2v) is 9.90. The molecule has 25 heavy (non-hydrogen) atoms.